The third-order valence-corrected chi connectivity index (χ3v) is 4.78. The number of fused-ring (bicyclic) bond motifs is 1. The van der Waals surface area contributed by atoms with E-state index in [1.165, 1.54) is 18.4 Å². The van der Waals surface area contributed by atoms with Crippen LogP contribution in [0.3, 0.4) is 0 Å². The first-order valence-electron chi connectivity index (χ1n) is 6.97. The Kier molecular flexibility index (Phi) is 3.51. The maximum atomic E-state index is 12.1. The van der Waals surface area contributed by atoms with Crippen LogP contribution in [0.4, 0.5) is 5.13 Å². The number of carbonyl (C=O) groups is 1. The van der Waals surface area contributed by atoms with E-state index < -0.39 is 0 Å². The molecule has 4 heteroatoms. The first-order chi connectivity index (χ1) is 9.28. The zero-order valence-corrected chi connectivity index (χ0v) is 11.9. The van der Waals surface area contributed by atoms with E-state index in [-0.39, 0.29) is 11.8 Å². The Morgan fingerprint density at radius 1 is 1.42 bits per heavy atom. The third kappa shape index (κ3) is 2.50. The van der Waals surface area contributed by atoms with Crippen LogP contribution in [-0.2, 0) is 11.2 Å². The van der Waals surface area contributed by atoms with Crippen LogP contribution in [-0.4, -0.2) is 10.9 Å². The number of carbonyl (C=O) groups excluding carboxylic acids is 1. The predicted molar refractivity (Wildman–Crippen MR) is 79.6 cm³/mol. The molecule has 1 saturated carbocycles. The Bertz CT molecular complexity index is 599. The first kappa shape index (κ1) is 12.6. The summed E-state index contributed by atoms with van der Waals surface area (Å²) < 4.78 is 1.15. The van der Waals surface area contributed by atoms with E-state index in [2.05, 4.69) is 35.4 Å². The summed E-state index contributed by atoms with van der Waals surface area (Å²) in [6.45, 7) is 2.13. The van der Waals surface area contributed by atoms with Crippen LogP contribution in [0.5, 0.6) is 0 Å². The van der Waals surface area contributed by atoms with Crippen LogP contribution in [0.2, 0.25) is 0 Å². The van der Waals surface area contributed by atoms with Crippen molar-refractivity contribution in [2.45, 2.75) is 39.0 Å². The number of hydrogen-bond acceptors (Lipinski definition) is 3. The van der Waals surface area contributed by atoms with Crippen LogP contribution in [0.15, 0.2) is 18.2 Å². The SMILES string of the molecule is CCc1cccc2sc(NC(=O)C3CCCC3)nc12. The van der Waals surface area contributed by atoms with Crippen molar-refractivity contribution >= 4 is 32.6 Å². The minimum absolute atomic E-state index is 0.148. The second-order valence-electron chi connectivity index (χ2n) is 5.11. The van der Waals surface area contributed by atoms with Crippen LogP contribution in [0.25, 0.3) is 10.2 Å². The maximum Gasteiger partial charge on any atom is 0.229 e. The molecular formula is C15H18N2OS. The van der Waals surface area contributed by atoms with Gasteiger partial charge < -0.3 is 5.32 Å². The molecule has 1 amide bonds. The van der Waals surface area contributed by atoms with E-state index in [9.17, 15) is 4.79 Å². The molecule has 3 nitrogen and oxygen atoms in total. The molecular weight excluding hydrogens is 256 g/mol. The summed E-state index contributed by atoms with van der Waals surface area (Å²) in [6, 6.07) is 6.23. The fraction of sp³-hybridized carbons (Fsp3) is 0.467. The molecule has 1 aliphatic rings. The van der Waals surface area contributed by atoms with Crippen molar-refractivity contribution in [3.05, 3.63) is 23.8 Å². The van der Waals surface area contributed by atoms with Gasteiger partial charge in [0, 0.05) is 5.92 Å². The molecule has 100 valence electrons. The largest absolute Gasteiger partial charge is 0.302 e. The van der Waals surface area contributed by atoms with Gasteiger partial charge in [-0.2, -0.15) is 0 Å². The Morgan fingerprint density at radius 2 is 2.21 bits per heavy atom. The second-order valence-corrected chi connectivity index (χ2v) is 6.14. The van der Waals surface area contributed by atoms with Crippen molar-refractivity contribution in [1.29, 1.82) is 0 Å². The number of aryl methyl sites for hydroxylation is 1. The Morgan fingerprint density at radius 3 is 2.95 bits per heavy atom. The highest BCUT2D eigenvalue weighted by atomic mass is 32.1. The van der Waals surface area contributed by atoms with Gasteiger partial charge in [0.1, 0.15) is 0 Å². The smallest absolute Gasteiger partial charge is 0.229 e. The van der Waals surface area contributed by atoms with Crippen LogP contribution < -0.4 is 5.32 Å². The molecule has 1 heterocycles. The van der Waals surface area contributed by atoms with E-state index in [0.29, 0.717) is 0 Å². The number of benzene rings is 1. The van der Waals surface area contributed by atoms with Crippen LogP contribution >= 0.6 is 11.3 Å². The molecule has 1 aromatic heterocycles. The van der Waals surface area contributed by atoms with E-state index >= 15 is 0 Å². The zero-order chi connectivity index (χ0) is 13.2. The fourth-order valence-electron chi connectivity index (χ4n) is 2.74. The van der Waals surface area contributed by atoms with Crippen molar-refractivity contribution < 1.29 is 4.79 Å². The number of para-hydroxylation sites is 1. The molecule has 2 aromatic rings. The minimum Gasteiger partial charge on any atom is -0.302 e. The van der Waals surface area contributed by atoms with Crippen LogP contribution in [0.1, 0.15) is 38.2 Å². The molecule has 1 aliphatic carbocycles. The zero-order valence-electron chi connectivity index (χ0n) is 11.1. The topological polar surface area (TPSA) is 42.0 Å². The van der Waals surface area contributed by atoms with Gasteiger partial charge in [-0.3, -0.25) is 4.79 Å². The highest BCUT2D eigenvalue weighted by Crippen LogP contribution is 2.30. The van der Waals surface area contributed by atoms with Gasteiger partial charge in [-0.25, -0.2) is 4.98 Å². The van der Waals surface area contributed by atoms with E-state index in [0.717, 1.165) is 34.6 Å². The molecule has 0 saturated heterocycles. The Balaban J connectivity index is 1.83. The van der Waals surface area contributed by atoms with Gasteiger partial charge in [-0.15, -0.1) is 0 Å². The number of aromatic nitrogens is 1. The molecule has 0 unspecified atom stereocenters. The summed E-state index contributed by atoms with van der Waals surface area (Å²) in [5.74, 6) is 0.340. The number of amides is 1. The fourth-order valence-corrected chi connectivity index (χ4v) is 3.66. The molecule has 0 spiro atoms. The number of thiazole rings is 1. The van der Waals surface area contributed by atoms with Gasteiger partial charge in [-0.1, -0.05) is 43.2 Å². The van der Waals surface area contributed by atoms with E-state index in [4.69, 9.17) is 0 Å². The van der Waals surface area contributed by atoms with Gasteiger partial charge in [0.25, 0.3) is 0 Å². The summed E-state index contributed by atoms with van der Waals surface area (Å²) >= 11 is 1.57. The first-order valence-corrected chi connectivity index (χ1v) is 7.79. The number of nitrogens with one attached hydrogen (secondary N) is 1. The summed E-state index contributed by atoms with van der Waals surface area (Å²) in [7, 11) is 0. The maximum absolute atomic E-state index is 12.1. The molecule has 0 radical (unpaired) electrons. The lowest BCUT2D eigenvalue weighted by Crippen LogP contribution is -2.20. The summed E-state index contributed by atoms with van der Waals surface area (Å²) in [4.78, 5) is 16.7. The standard InChI is InChI=1S/C15H18N2OS/c1-2-10-8-5-9-12-13(10)16-15(19-12)17-14(18)11-6-3-4-7-11/h5,8-9,11H,2-4,6-7H2,1H3,(H,16,17,18). The normalized spacial score (nSPS) is 16.1. The van der Waals surface area contributed by atoms with Crippen molar-refractivity contribution in [1.82, 2.24) is 4.98 Å². The Hall–Kier alpha value is -1.42. The molecule has 0 atom stereocenters. The monoisotopic (exact) mass is 274 g/mol. The van der Waals surface area contributed by atoms with Crippen LogP contribution in [0, 0.1) is 5.92 Å². The van der Waals surface area contributed by atoms with Gasteiger partial charge >= 0.3 is 0 Å². The van der Waals surface area contributed by atoms with Crippen molar-refractivity contribution in [2.24, 2.45) is 5.92 Å². The van der Waals surface area contributed by atoms with Crippen molar-refractivity contribution in [3.63, 3.8) is 0 Å². The summed E-state index contributed by atoms with van der Waals surface area (Å²) in [5.41, 5.74) is 2.28. The third-order valence-electron chi connectivity index (χ3n) is 3.84. The lowest BCUT2D eigenvalue weighted by Gasteiger charge is -2.07. The molecule has 1 N–H and O–H groups in total. The highest BCUT2D eigenvalue weighted by Gasteiger charge is 2.23. The van der Waals surface area contributed by atoms with Crippen molar-refractivity contribution in [3.8, 4) is 0 Å². The number of hydrogen-bond donors (Lipinski definition) is 1. The molecule has 1 fully saturated rings. The summed E-state index contributed by atoms with van der Waals surface area (Å²) in [6.07, 6.45) is 5.38. The van der Waals surface area contributed by atoms with Gasteiger partial charge in [0.15, 0.2) is 5.13 Å². The number of anilines is 1. The summed E-state index contributed by atoms with van der Waals surface area (Å²) in [5, 5.41) is 3.74. The quantitative estimate of drug-likeness (QED) is 0.919. The Labute approximate surface area is 117 Å². The van der Waals surface area contributed by atoms with Gasteiger partial charge in [0.05, 0.1) is 10.2 Å². The van der Waals surface area contributed by atoms with E-state index in [1.54, 1.807) is 11.3 Å². The highest BCUT2D eigenvalue weighted by molar-refractivity contribution is 7.22. The van der Waals surface area contributed by atoms with Gasteiger partial charge in [-0.05, 0) is 30.9 Å². The average Bonchev–Trinajstić information content (AvgIpc) is 3.06. The average molecular weight is 274 g/mol. The van der Waals surface area contributed by atoms with Crippen molar-refractivity contribution in [2.75, 3.05) is 5.32 Å². The molecule has 1 aromatic carbocycles. The predicted octanol–water partition coefficient (Wildman–Crippen LogP) is 3.99. The molecule has 3 rings (SSSR count). The molecule has 0 aliphatic heterocycles. The van der Waals surface area contributed by atoms with Gasteiger partial charge in [0.2, 0.25) is 5.91 Å². The molecule has 0 bridgehead atoms. The van der Waals surface area contributed by atoms with E-state index in [1.807, 2.05) is 0 Å². The second kappa shape index (κ2) is 5.29. The lowest BCUT2D eigenvalue weighted by atomic mass is 10.1. The minimum atomic E-state index is 0.148. The number of rotatable bonds is 3. The number of nitrogens with zero attached hydrogens (tertiary/aromatic N) is 1. The lowest BCUT2D eigenvalue weighted by molar-refractivity contribution is -0.119. The molecule has 19 heavy (non-hydrogen) atoms.